The largest absolute Gasteiger partial charge is 0.490 e. The monoisotopic (exact) mass is 201 g/mol. The van der Waals surface area contributed by atoms with Gasteiger partial charge in [-0.25, -0.2) is 0 Å². The van der Waals surface area contributed by atoms with Crippen molar-refractivity contribution in [3.05, 3.63) is 28.8 Å². The van der Waals surface area contributed by atoms with Gasteiger partial charge in [-0.1, -0.05) is 12.1 Å². The number of rotatable bonds is 2. The molecule has 0 aromatic heterocycles. The molecule has 1 heterocycles. The minimum Gasteiger partial charge on any atom is -0.490 e. The van der Waals surface area contributed by atoms with Crippen LogP contribution in [0.1, 0.15) is 30.0 Å². The maximum absolute atomic E-state index is 8.56. The molecule has 2 nitrogen and oxygen atoms in total. The Balaban J connectivity index is 2.28. The van der Waals surface area contributed by atoms with E-state index in [-0.39, 0.29) is 0 Å². The zero-order valence-electron chi connectivity index (χ0n) is 9.21. The van der Waals surface area contributed by atoms with E-state index in [0.717, 1.165) is 18.6 Å². The summed E-state index contributed by atoms with van der Waals surface area (Å²) in [6.07, 6.45) is 2.73. The van der Waals surface area contributed by atoms with Crippen molar-refractivity contribution in [1.82, 2.24) is 0 Å². The van der Waals surface area contributed by atoms with E-state index in [9.17, 15) is 0 Å². The molecule has 1 aromatic carbocycles. The highest BCUT2D eigenvalue weighted by atomic mass is 16.5. The maximum atomic E-state index is 8.56. The lowest BCUT2D eigenvalue weighted by atomic mass is 10.0. The summed E-state index contributed by atoms with van der Waals surface area (Å²) in [6.45, 7) is 4.17. The predicted octanol–water partition coefficient (Wildman–Crippen LogP) is 2.77. The number of hydrogen-bond donors (Lipinski definition) is 0. The molecule has 1 unspecified atom stereocenters. The first kappa shape index (κ1) is 10.0. The summed E-state index contributed by atoms with van der Waals surface area (Å²) in [5.74, 6) is 1.06. The first-order valence-corrected chi connectivity index (χ1v) is 5.36. The minimum absolute atomic E-state index is 0.296. The van der Waals surface area contributed by atoms with Crippen LogP contribution >= 0.6 is 0 Å². The molecular formula is C13H15NO. The first-order valence-electron chi connectivity index (χ1n) is 5.36. The topological polar surface area (TPSA) is 33.0 Å². The fourth-order valence-electron chi connectivity index (χ4n) is 2.15. The predicted molar refractivity (Wildman–Crippen MR) is 58.9 cm³/mol. The summed E-state index contributed by atoms with van der Waals surface area (Å²) in [6, 6.07) is 6.50. The fraction of sp³-hybridized carbons (Fsp3) is 0.462. The molecule has 0 N–H and O–H groups in total. The molecule has 0 spiro atoms. The first-order chi connectivity index (χ1) is 7.20. The summed E-state index contributed by atoms with van der Waals surface area (Å²) in [7, 11) is 0. The number of hydrogen-bond acceptors (Lipinski definition) is 2. The van der Waals surface area contributed by atoms with Gasteiger partial charge in [0.1, 0.15) is 11.9 Å². The quantitative estimate of drug-likeness (QED) is 0.737. The van der Waals surface area contributed by atoms with Gasteiger partial charge in [0.05, 0.1) is 6.07 Å². The summed E-state index contributed by atoms with van der Waals surface area (Å²) < 4.78 is 5.73. The average Bonchev–Trinajstić information content (AvgIpc) is 2.56. The van der Waals surface area contributed by atoms with E-state index in [2.05, 4.69) is 32.0 Å². The average molecular weight is 201 g/mol. The Hall–Kier alpha value is -1.49. The van der Waals surface area contributed by atoms with Crippen molar-refractivity contribution in [2.24, 2.45) is 0 Å². The van der Waals surface area contributed by atoms with Crippen molar-refractivity contribution >= 4 is 0 Å². The van der Waals surface area contributed by atoms with Crippen LogP contribution in [0.3, 0.4) is 0 Å². The molecular weight excluding hydrogens is 186 g/mol. The smallest absolute Gasteiger partial charge is 0.125 e. The SMILES string of the molecule is Cc1cc(CCC#N)cc2c1OC(C)C2. The van der Waals surface area contributed by atoms with E-state index in [1.165, 1.54) is 16.7 Å². The summed E-state index contributed by atoms with van der Waals surface area (Å²) in [5, 5.41) is 8.56. The van der Waals surface area contributed by atoms with Crippen LogP contribution in [0.5, 0.6) is 5.75 Å². The molecule has 15 heavy (non-hydrogen) atoms. The molecule has 2 rings (SSSR count). The molecule has 1 atom stereocenters. The highest BCUT2D eigenvalue weighted by Gasteiger charge is 2.21. The molecule has 0 radical (unpaired) electrons. The third kappa shape index (κ3) is 1.97. The normalized spacial score (nSPS) is 18.1. The van der Waals surface area contributed by atoms with Crippen molar-refractivity contribution < 1.29 is 4.74 Å². The Bertz CT molecular complexity index is 417. The van der Waals surface area contributed by atoms with Crippen molar-refractivity contribution in [3.8, 4) is 11.8 Å². The maximum Gasteiger partial charge on any atom is 0.125 e. The van der Waals surface area contributed by atoms with Gasteiger partial charge in [0.15, 0.2) is 0 Å². The van der Waals surface area contributed by atoms with Crippen molar-refractivity contribution in [2.75, 3.05) is 0 Å². The standard InChI is InChI=1S/C13H15NO/c1-9-6-11(4-3-5-14)8-12-7-10(2)15-13(9)12/h6,8,10H,3-4,7H2,1-2H3. The van der Waals surface area contributed by atoms with Crippen LogP contribution < -0.4 is 4.74 Å². The molecule has 2 heteroatoms. The summed E-state index contributed by atoms with van der Waals surface area (Å²) in [5.41, 5.74) is 3.76. The van der Waals surface area contributed by atoms with Crippen molar-refractivity contribution in [2.45, 2.75) is 39.2 Å². The molecule has 0 fully saturated rings. The Kier molecular flexibility index (Phi) is 2.64. The van der Waals surface area contributed by atoms with E-state index in [1.807, 2.05) is 0 Å². The zero-order valence-corrected chi connectivity index (χ0v) is 9.21. The molecule has 0 aliphatic carbocycles. The van der Waals surface area contributed by atoms with Crippen molar-refractivity contribution in [1.29, 1.82) is 5.26 Å². The second kappa shape index (κ2) is 3.94. The van der Waals surface area contributed by atoms with Gasteiger partial charge in [-0.05, 0) is 37.0 Å². The van der Waals surface area contributed by atoms with Crippen LogP contribution in [0.2, 0.25) is 0 Å². The van der Waals surface area contributed by atoms with Gasteiger partial charge in [-0.3, -0.25) is 0 Å². The molecule has 1 aliphatic rings. The third-order valence-electron chi connectivity index (χ3n) is 2.76. The second-order valence-corrected chi connectivity index (χ2v) is 4.19. The minimum atomic E-state index is 0.296. The van der Waals surface area contributed by atoms with Gasteiger partial charge in [0, 0.05) is 12.8 Å². The van der Waals surface area contributed by atoms with Gasteiger partial charge >= 0.3 is 0 Å². The Labute approximate surface area is 90.5 Å². The number of nitrogens with zero attached hydrogens (tertiary/aromatic N) is 1. The molecule has 0 saturated heterocycles. The van der Waals surface area contributed by atoms with Gasteiger partial charge in [0.25, 0.3) is 0 Å². The number of aryl methyl sites for hydroxylation is 2. The molecule has 0 saturated carbocycles. The van der Waals surface area contributed by atoms with Crippen LogP contribution in [-0.2, 0) is 12.8 Å². The lowest BCUT2D eigenvalue weighted by Gasteiger charge is -2.07. The van der Waals surface area contributed by atoms with E-state index in [4.69, 9.17) is 10.00 Å². The van der Waals surface area contributed by atoms with Gasteiger partial charge in [-0.2, -0.15) is 5.26 Å². The highest BCUT2D eigenvalue weighted by Crippen LogP contribution is 2.33. The second-order valence-electron chi connectivity index (χ2n) is 4.19. The lowest BCUT2D eigenvalue weighted by molar-refractivity contribution is 0.253. The lowest BCUT2D eigenvalue weighted by Crippen LogP contribution is -2.05. The van der Waals surface area contributed by atoms with Crippen LogP contribution in [0, 0.1) is 18.3 Å². The Morgan fingerprint density at radius 3 is 3.07 bits per heavy atom. The van der Waals surface area contributed by atoms with Gasteiger partial charge in [-0.15, -0.1) is 0 Å². The number of fused-ring (bicyclic) bond motifs is 1. The van der Waals surface area contributed by atoms with E-state index in [1.54, 1.807) is 0 Å². The number of benzene rings is 1. The van der Waals surface area contributed by atoms with Gasteiger partial charge in [0.2, 0.25) is 0 Å². The number of ether oxygens (including phenoxy) is 1. The molecule has 0 amide bonds. The zero-order chi connectivity index (χ0) is 10.8. The van der Waals surface area contributed by atoms with Gasteiger partial charge < -0.3 is 4.74 Å². The highest BCUT2D eigenvalue weighted by molar-refractivity contribution is 5.46. The fourth-order valence-corrected chi connectivity index (χ4v) is 2.15. The Morgan fingerprint density at radius 2 is 2.33 bits per heavy atom. The number of nitriles is 1. The molecule has 0 bridgehead atoms. The summed E-state index contributed by atoms with van der Waals surface area (Å²) in [4.78, 5) is 0. The van der Waals surface area contributed by atoms with E-state index >= 15 is 0 Å². The van der Waals surface area contributed by atoms with Crippen LogP contribution in [0.15, 0.2) is 12.1 Å². The van der Waals surface area contributed by atoms with E-state index < -0.39 is 0 Å². The summed E-state index contributed by atoms with van der Waals surface area (Å²) >= 11 is 0. The Morgan fingerprint density at radius 1 is 1.53 bits per heavy atom. The van der Waals surface area contributed by atoms with E-state index in [0.29, 0.717) is 12.5 Å². The molecule has 78 valence electrons. The van der Waals surface area contributed by atoms with Crippen molar-refractivity contribution in [3.63, 3.8) is 0 Å². The molecule has 1 aromatic rings. The molecule has 1 aliphatic heterocycles. The van der Waals surface area contributed by atoms with Crippen LogP contribution in [0.4, 0.5) is 0 Å². The third-order valence-corrected chi connectivity index (χ3v) is 2.76. The van der Waals surface area contributed by atoms with Crippen LogP contribution in [0.25, 0.3) is 0 Å². The van der Waals surface area contributed by atoms with Crippen LogP contribution in [-0.4, -0.2) is 6.10 Å².